The molecule has 0 aliphatic carbocycles. The number of nitrogens with zero attached hydrogens (tertiary/aromatic N) is 4. The Hall–Kier alpha value is -4.81. The Balaban J connectivity index is 2.11. The van der Waals surface area contributed by atoms with Gasteiger partial charge >= 0.3 is 5.69 Å². The van der Waals surface area contributed by atoms with E-state index < -0.39 is 43.9 Å². The third kappa shape index (κ3) is 4.29. The molecular formula is C18H13N5O8. The minimum Gasteiger partial charge on any atom is -0.497 e. The maximum Gasteiger partial charge on any atom is 0.335 e. The summed E-state index contributed by atoms with van der Waals surface area (Å²) in [5, 5.41) is 32.5. The van der Waals surface area contributed by atoms with E-state index in [1.54, 1.807) is 0 Å². The monoisotopic (exact) mass is 427 g/mol. The molecule has 0 saturated carbocycles. The molecule has 3 rings (SSSR count). The number of nitro groups is 2. The highest BCUT2D eigenvalue weighted by atomic mass is 16.6. The number of aliphatic imine (C=N–C) groups is 1. The summed E-state index contributed by atoms with van der Waals surface area (Å²) in [5.74, 6) is -0.252. The molecule has 0 spiro atoms. The summed E-state index contributed by atoms with van der Waals surface area (Å²) >= 11 is 0. The maximum absolute atomic E-state index is 12.2. The van der Waals surface area contributed by atoms with Crippen LogP contribution in [-0.2, 0) is 0 Å². The number of non-ortho nitro benzene ring substituents is 2. The first-order valence-electron chi connectivity index (χ1n) is 8.42. The molecule has 2 aromatic carbocycles. The van der Waals surface area contributed by atoms with Gasteiger partial charge in [0.15, 0.2) is 0 Å². The van der Waals surface area contributed by atoms with Crippen molar-refractivity contribution in [3.8, 4) is 17.3 Å². The molecule has 0 bridgehead atoms. The minimum absolute atomic E-state index is 0.207. The predicted molar refractivity (Wildman–Crippen MR) is 108 cm³/mol. The van der Waals surface area contributed by atoms with Crippen LogP contribution in [-0.4, -0.2) is 37.8 Å². The van der Waals surface area contributed by atoms with Gasteiger partial charge in [-0.2, -0.15) is 0 Å². The molecular weight excluding hydrogens is 414 g/mol. The highest BCUT2D eigenvalue weighted by Gasteiger charge is 2.17. The summed E-state index contributed by atoms with van der Waals surface area (Å²) in [6, 6.07) is 8.65. The lowest BCUT2D eigenvalue weighted by molar-refractivity contribution is -0.394. The molecule has 0 atom stereocenters. The molecule has 2 N–H and O–H groups in total. The van der Waals surface area contributed by atoms with E-state index in [0.717, 1.165) is 29.0 Å². The summed E-state index contributed by atoms with van der Waals surface area (Å²) in [6.07, 6.45) is 0.844. The fourth-order valence-electron chi connectivity index (χ4n) is 2.63. The molecule has 0 aliphatic rings. The van der Waals surface area contributed by atoms with Gasteiger partial charge in [-0.25, -0.2) is 9.36 Å². The SMILES string of the molecule is COc1ccc(-n2c(O)c(C=Nc3cc([N+](=O)[O-])cc([N+](=O)[O-])c3)c(=O)[nH]c2=O)cc1. The highest BCUT2D eigenvalue weighted by molar-refractivity contribution is 5.84. The van der Waals surface area contributed by atoms with Gasteiger partial charge < -0.3 is 9.84 Å². The molecule has 13 heteroatoms. The number of rotatable bonds is 6. The van der Waals surface area contributed by atoms with Crippen molar-refractivity contribution in [2.75, 3.05) is 7.11 Å². The average molecular weight is 427 g/mol. The molecule has 31 heavy (non-hydrogen) atoms. The zero-order valence-corrected chi connectivity index (χ0v) is 15.7. The van der Waals surface area contributed by atoms with Gasteiger partial charge in [0.05, 0.1) is 34.4 Å². The Morgan fingerprint density at radius 1 is 1.06 bits per heavy atom. The third-order valence-electron chi connectivity index (χ3n) is 4.10. The standard InChI is InChI=1S/C18H13N5O8/c1-31-14-4-2-11(3-5-14)21-17(25)15(16(24)20-18(21)26)9-19-10-6-12(22(27)28)8-13(7-10)23(29)30/h2-9,25H,1H3,(H,20,24,26). The summed E-state index contributed by atoms with van der Waals surface area (Å²) < 4.78 is 5.83. The van der Waals surface area contributed by atoms with Crippen LogP contribution in [0.15, 0.2) is 57.0 Å². The number of hydrogen-bond donors (Lipinski definition) is 2. The number of aromatic nitrogens is 2. The zero-order valence-electron chi connectivity index (χ0n) is 15.7. The fourth-order valence-corrected chi connectivity index (χ4v) is 2.63. The van der Waals surface area contributed by atoms with Crippen molar-refractivity contribution >= 4 is 23.3 Å². The summed E-state index contributed by atoms with van der Waals surface area (Å²) in [6.45, 7) is 0. The Bertz CT molecular complexity index is 1290. The van der Waals surface area contributed by atoms with E-state index in [-0.39, 0.29) is 11.4 Å². The lowest BCUT2D eigenvalue weighted by Crippen LogP contribution is -2.31. The summed E-state index contributed by atoms with van der Waals surface area (Å²) in [4.78, 5) is 50.5. The fraction of sp³-hybridized carbons (Fsp3) is 0.0556. The van der Waals surface area contributed by atoms with Gasteiger partial charge in [0.2, 0.25) is 5.88 Å². The van der Waals surface area contributed by atoms with Crippen molar-refractivity contribution in [2.24, 2.45) is 4.99 Å². The molecule has 1 heterocycles. The quantitative estimate of drug-likeness (QED) is 0.339. The zero-order chi connectivity index (χ0) is 22.7. The normalized spacial score (nSPS) is 10.9. The molecule has 13 nitrogen and oxygen atoms in total. The van der Waals surface area contributed by atoms with E-state index in [0.29, 0.717) is 5.75 Å². The van der Waals surface area contributed by atoms with Crippen molar-refractivity contribution in [1.82, 2.24) is 9.55 Å². The predicted octanol–water partition coefficient (Wildman–Crippen LogP) is 1.81. The molecule has 0 amide bonds. The second kappa shape index (κ2) is 8.28. The number of benzene rings is 2. The smallest absolute Gasteiger partial charge is 0.335 e. The van der Waals surface area contributed by atoms with Crippen LogP contribution >= 0.6 is 0 Å². The van der Waals surface area contributed by atoms with Gasteiger partial charge in [0, 0.05) is 18.3 Å². The van der Waals surface area contributed by atoms with Gasteiger partial charge in [-0.1, -0.05) is 0 Å². The number of H-pyrrole nitrogens is 1. The Morgan fingerprint density at radius 2 is 1.65 bits per heavy atom. The van der Waals surface area contributed by atoms with Crippen LogP contribution in [0.3, 0.4) is 0 Å². The van der Waals surface area contributed by atoms with Crippen LogP contribution < -0.4 is 16.0 Å². The number of hydrogen-bond acceptors (Lipinski definition) is 9. The van der Waals surface area contributed by atoms with Crippen LogP contribution in [0.4, 0.5) is 17.1 Å². The Morgan fingerprint density at radius 3 is 2.16 bits per heavy atom. The molecule has 0 unspecified atom stereocenters. The van der Waals surface area contributed by atoms with Crippen molar-refractivity contribution < 1.29 is 19.7 Å². The van der Waals surface area contributed by atoms with E-state index in [2.05, 4.69) is 4.99 Å². The van der Waals surface area contributed by atoms with Gasteiger partial charge in [-0.05, 0) is 24.3 Å². The number of methoxy groups -OCH3 is 1. The molecule has 0 saturated heterocycles. The van der Waals surface area contributed by atoms with E-state index in [1.807, 2.05) is 4.98 Å². The van der Waals surface area contributed by atoms with Crippen molar-refractivity contribution in [2.45, 2.75) is 0 Å². The number of aromatic amines is 1. The second-order valence-corrected chi connectivity index (χ2v) is 6.01. The molecule has 0 fully saturated rings. The van der Waals surface area contributed by atoms with Crippen LogP contribution in [0.2, 0.25) is 0 Å². The van der Waals surface area contributed by atoms with Crippen molar-refractivity contribution in [3.63, 3.8) is 0 Å². The third-order valence-corrected chi connectivity index (χ3v) is 4.10. The highest BCUT2D eigenvalue weighted by Crippen LogP contribution is 2.28. The van der Waals surface area contributed by atoms with Gasteiger partial charge in [0.25, 0.3) is 16.9 Å². The Labute approximate surface area is 171 Å². The molecule has 158 valence electrons. The van der Waals surface area contributed by atoms with E-state index in [1.165, 1.54) is 31.4 Å². The van der Waals surface area contributed by atoms with Crippen molar-refractivity contribution in [3.05, 3.63) is 89.1 Å². The lowest BCUT2D eigenvalue weighted by Gasteiger charge is -2.10. The van der Waals surface area contributed by atoms with Crippen LogP contribution in [0.1, 0.15) is 5.56 Å². The average Bonchev–Trinajstić information content (AvgIpc) is 2.73. The lowest BCUT2D eigenvalue weighted by atomic mass is 10.2. The van der Waals surface area contributed by atoms with Crippen LogP contribution in [0.25, 0.3) is 5.69 Å². The number of nitrogens with one attached hydrogen (secondary N) is 1. The van der Waals surface area contributed by atoms with E-state index in [9.17, 15) is 34.9 Å². The first-order valence-corrected chi connectivity index (χ1v) is 8.42. The summed E-state index contributed by atoms with van der Waals surface area (Å²) in [5.41, 5.74) is -3.50. The van der Waals surface area contributed by atoms with Crippen LogP contribution in [0, 0.1) is 20.2 Å². The molecule has 3 aromatic rings. The first-order chi connectivity index (χ1) is 14.7. The number of nitro benzene ring substituents is 2. The topological polar surface area (TPSA) is 183 Å². The maximum atomic E-state index is 12.2. The van der Waals surface area contributed by atoms with Crippen molar-refractivity contribution in [1.29, 1.82) is 0 Å². The van der Waals surface area contributed by atoms with E-state index >= 15 is 0 Å². The van der Waals surface area contributed by atoms with Gasteiger partial charge in [0.1, 0.15) is 11.3 Å². The summed E-state index contributed by atoms with van der Waals surface area (Å²) in [7, 11) is 1.45. The first kappa shape index (κ1) is 20.9. The number of ether oxygens (including phenoxy) is 1. The minimum atomic E-state index is -0.976. The number of aromatic hydroxyl groups is 1. The van der Waals surface area contributed by atoms with Gasteiger partial charge in [-0.3, -0.25) is 35.0 Å². The molecule has 1 aromatic heterocycles. The van der Waals surface area contributed by atoms with Crippen LogP contribution in [0.5, 0.6) is 11.6 Å². The van der Waals surface area contributed by atoms with E-state index in [4.69, 9.17) is 4.74 Å². The van der Waals surface area contributed by atoms with Gasteiger partial charge in [-0.15, -0.1) is 0 Å². The Kier molecular flexibility index (Phi) is 5.59. The second-order valence-electron chi connectivity index (χ2n) is 6.01. The molecule has 0 aliphatic heterocycles. The molecule has 0 radical (unpaired) electrons. The largest absolute Gasteiger partial charge is 0.497 e.